The van der Waals surface area contributed by atoms with Crippen molar-refractivity contribution < 1.29 is 18.4 Å². The SMILES string of the molecule is C[C@H](OC(=O)/C=C/c1ccco1)c1nnc(-c2ccccc2)o1. The highest BCUT2D eigenvalue weighted by Crippen LogP contribution is 2.22. The summed E-state index contributed by atoms with van der Waals surface area (Å²) in [5, 5.41) is 7.88. The molecule has 116 valence electrons. The molecule has 2 aromatic heterocycles. The third-order valence-electron chi connectivity index (χ3n) is 3.03. The second-order valence-corrected chi connectivity index (χ2v) is 4.74. The molecule has 0 saturated heterocycles. The highest BCUT2D eigenvalue weighted by molar-refractivity contribution is 5.86. The van der Waals surface area contributed by atoms with Crippen LogP contribution in [0.25, 0.3) is 17.5 Å². The molecular weight excluding hydrogens is 296 g/mol. The Morgan fingerprint density at radius 2 is 2.00 bits per heavy atom. The van der Waals surface area contributed by atoms with Crippen LogP contribution in [-0.4, -0.2) is 16.2 Å². The lowest BCUT2D eigenvalue weighted by Gasteiger charge is -2.06. The number of rotatable bonds is 5. The molecule has 0 amide bonds. The summed E-state index contributed by atoms with van der Waals surface area (Å²) in [6.45, 7) is 1.67. The predicted molar refractivity (Wildman–Crippen MR) is 82.0 cm³/mol. The second-order valence-electron chi connectivity index (χ2n) is 4.74. The average Bonchev–Trinajstić information content (AvgIpc) is 3.25. The van der Waals surface area contributed by atoms with Crippen molar-refractivity contribution in [1.29, 1.82) is 0 Å². The highest BCUT2D eigenvalue weighted by Gasteiger charge is 2.17. The Morgan fingerprint density at radius 1 is 1.17 bits per heavy atom. The number of nitrogens with zero attached hydrogens (tertiary/aromatic N) is 2. The molecular formula is C17H14N2O4. The van der Waals surface area contributed by atoms with E-state index >= 15 is 0 Å². The molecule has 0 saturated carbocycles. The van der Waals surface area contributed by atoms with Crippen LogP contribution in [0.3, 0.4) is 0 Å². The fraction of sp³-hybridized carbons (Fsp3) is 0.118. The topological polar surface area (TPSA) is 78.4 Å². The monoisotopic (exact) mass is 310 g/mol. The molecule has 0 unspecified atom stereocenters. The van der Waals surface area contributed by atoms with Gasteiger partial charge in [0.05, 0.1) is 6.26 Å². The van der Waals surface area contributed by atoms with Crippen LogP contribution in [0, 0.1) is 0 Å². The lowest BCUT2D eigenvalue weighted by atomic mass is 10.2. The van der Waals surface area contributed by atoms with Crippen molar-refractivity contribution in [3.63, 3.8) is 0 Å². The lowest BCUT2D eigenvalue weighted by molar-refractivity contribution is -0.143. The van der Waals surface area contributed by atoms with Crippen molar-refractivity contribution in [3.05, 3.63) is 66.5 Å². The molecule has 0 spiro atoms. The molecule has 23 heavy (non-hydrogen) atoms. The number of carbonyl (C=O) groups excluding carboxylic acids is 1. The zero-order valence-electron chi connectivity index (χ0n) is 12.4. The number of hydrogen-bond donors (Lipinski definition) is 0. The molecule has 3 aromatic rings. The second kappa shape index (κ2) is 6.74. The summed E-state index contributed by atoms with van der Waals surface area (Å²) in [6.07, 6.45) is 3.69. The lowest BCUT2D eigenvalue weighted by Crippen LogP contribution is -2.06. The van der Waals surface area contributed by atoms with Crippen molar-refractivity contribution in [2.75, 3.05) is 0 Å². The zero-order chi connectivity index (χ0) is 16.1. The first-order valence-corrected chi connectivity index (χ1v) is 7.03. The minimum Gasteiger partial charge on any atom is -0.465 e. The third kappa shape index (κ3) is 3.74. The maximum Gasteiger partial charge on any atom is 0.331 e. The molecule has 0 aliphatic rings. The van der Waals surface area contributed by atoms with Crippen LogP contribution in [-0.2, 0) is 9.53 Å². The zero-order valence-corrected chi connectivity index (χ0v) is 12.4. The minimum absolute atomic E-state index is 0.239. The summed E-state index contributed by atoms with van der Waals surface area (Å²) >= 11 is 0. The molecule has 6 heteroatoms. The number of furan rings is 1. The molecule has 6 nitrogen and oxygen atoms in total. The van der Waals surface area contributed by atoms with Crippen molar-refractivity contribution in [3.8, 4) is 11.5 Å². The molecule has 0 bridgehead atoms. The van der Waals surface area contributed by atoms with Gasteiger partial charge in [0.25, 0.3) is 5.89 Å². The molecule has 2 heterocycles. The maximum atomic E-state index is 11.8. The molecule has 3 rings (SSSR count). The Hall–Kier alpha value is -3.15. The van der Waals surface area contributed by atoms with E-state index in [9.17, 15) is 4.79 Å². The Labute approximate surface area is 132 Å². The fourth-order valence-electron chi connectivity index (χ4n) is 1.90. The summed E-state index contributed by atoms with van der Waals surface area (Å²) in [6, 6.07) is 12.8. The normalized spacial score (nSPS) is 12.4. The smallest absolute Gasteiger partial charge is 0.331 e. The van der Waals surface area contributed by atoms with Crippen molar-refractivity contribution in [2.24, 2.45) is 0 Å². The Morgan fingerprint density at radius 3 is 2.74 bits per heavy atom. The number of benzene rings is 1. The van der Waals surface area contributed by atoms with Crippen LogP contribution in [0.4, 0.5) is 0 Å². The quantitative estimate of drug-likeness (QED) is 0.529. The summed E-state index contributed by atoms with van der Waals surface area (Å²) in [5.74, 6) is 0.672. The van der Waals surface area contributed by atoms with E-state index < -0.39 is 12.1 Å². The predicted octanol–water partition coefficient (Wildman–Crippen LogP) is 3.65. The van der Waals surface area contributed by atoms with Crippen LogP contribution in [0.1, 0.15) is 24.7 Å². The van der Waals surface area contributed by atoms with Gasteiger partial charge in [-0.3, -0.25) is 0 Å². The van der Waals surface area contributed by atoms with E-state index in [1.807, 2.05) is 30.3 Å². The molecule has 0 aliphatic heterocycles. The fourth-order valence-corrected chi connectivity index (χ4v) is 1.90. The summed E-state index contributed by atoms with van der Waals surface area (Å²) in [4.78, 5) is 11.8. The van der Waals surface area contributed by atoms with Gasteiger partial charge in [-0.2, -0.15) is 0 Å². The van der Waals surface area contributed by atoms with Gasteiger partial charge in [-0.25, -0.2) is 4.79 Å². The van der Waals surface area contributed by atoms with E-state index in [1.54, 1.807) is 19.1 Å². The van der Waals surface area contributed by atoms with E-state index in [2.05, 4.69) is 10.2 Å². The van der Waals surface area contributed by atoms with E-state index in [4.69, 9.17) is 13.6 Å². The van der Waals surface area contributed by atoms with Crippen LogP contribution in [0.15, 0.2) is 63.6 Å². The molecule has 1 atom stereocenters. The van der Waals surface area contributed by atoms with Gasteiger partial charge in [-0.05, 0) is 37.3 Å². The number of aromatic nitrogens is 2. The average molecular weight is 310 g/mol. The first-order chi connectivity index (χ1) is 11.2. The van der Waals surface area contributed by atoms with Gasteiger partial charge in [0.15, 0.2) is 6.10 Å². The largest absolute Gasteiger partial charge is 0.465 e. The van der Waals surface area contributed by atoms with Crippen LogP contribution >= 0.6 is 0 Å². The van der Waals surface area contributed by atoms with E-state index in [0.29, 0.717) is 11.7 Å². The minimum atomic E-state index is -0.645. The summed E-state index contributed by atoms with van der Waals surface area (Å²) in [7, 11) is 0. The maximum absolute atomic E-state index is 11.8. The Kier molecular flexibility index (Phi) is 4.33. The number of esters is 1. The van der Waals surface area contributed by atoms with Crippen LogP contribution in [0.5, 0.6) is 0 Å². The van der Waals surface area contributed by atoms with Gasteiger partial charge in [-0.15, -0.1) is 10.2 Å². The van der Waals surface area contributed by atoms with Gasteiger partial charge in [0.1, 0.15) is 5.76 Å². The van der Waals surface area contributed by atoms with Gasteiger partial charge < -0.3 is 13.6 Å². The summed E-state index contributed by atoms with van der Waals surface area (Å²) < 4.78 is 15.9. The highest BCUT2D eigenvalue weighted by atomic mass is 16.6. The molecule has 0 fully saturated rings. The molecule has 0 N–H and O–H groups in total. The Balaban J connectivity index is 1.63. The van der Waals surface area contributed by atoms with Crippen LogP contribution in [0.2, 0.25) is 0 Å². The van der Waals surface area contributed by atoms with E-state index in [0.717, 1.165) is 5.56 Å². The molecule has 0 radical (unpaired) electrons. The first kappa shape index (κ1) is 14.8. The van der Waals surface area contributed by atoms with Gasteiger partial charge >= 0.3 is 5.97 Å². The molecule has 0 aliphatic carbocycles. The van der Waals surface area contributed by atoms with E-state index in [-0.39, 0.29) is 5.89 Å². The first-order valence-electron chi connectivity index (χ1n) is 7.03. The number of ether oxygens (including phenoxy) is 1. The Bertz CT molecular complexity index is 791. The van der Waals surface area contributed by atoms with Gasteiger partial charge in [0, 0.05) is 11.6 Å². The molecule has 1 aromatic carbocycles. The third-order valence-corrected chi connectivity index (χ3v) is 3.03. The number of carbonyl (C=O) groups is 1. The van der Waals surface area contributed by atoms with Gasteiger partial charge in [-0.1, -0.05) is 18.2 Å². The number of hydrogen-bond acceptors (Lipinski definition) is 6. The standard InChI is InChI=1S/C17H14N2O4/c1-12(22-15(20)10-9-14-8-5-11-21-14)16-18-19-17(23-16)13-6-3-2-4-7-13/h2-12H,1H3/b10-9+/t12-/m0/s1. The van der Waals surface area contributed by atoms with Crippen LogP contribution < -0.4 is 0 Å². The van der Waals surface area contributed by atoms with Crippen molar-refractivity contribution >= 4 is 12.0 Å². The van der Waals surface area contributed by atoms with Crippen molar-refractivity contribution in [2.45, 2.75) is 13.0 Å². The van der Waals surface area contributed by atoms with E-state index in [1.165, 1.54) is 18.4 Å². The van der Waals surface area contributed by atoms with Crippen molar-refractivity contribution in [1.82, 2.24) is 10.2 Å². The summed E-state index contributed by atoms with van der Waals surface area (Å²) in [5.41, 5.74) is 0.808. The van der Waals surface area contributed by atoms with Gasteiger partial charge in [0.2, 0.25) is 5.89 Å².